The van der Waals surface area contributed by atoms with Gasteiger partial charge in [0.25, 0.3) is 5.91 Å². The zero-order valence-corrected chi connectivity index (χ0v) is 16.0. The van der Waals surface area contributed by atoms with Gasteiger partial charge in [-0.1, -0.05) is 11.2 Å². The van der Waals surface area contributed by atoms with Crippen molar-refractivity contribution in [3.8, 4) is 11.5 Å². The molecule has 1 aromatic carbocycles. The van der Waals surface area contributed by atoms with Crippen LogP contribution in [0, 0.1) is 6.92 Å². The van der Waals surface area contributed by atoms with Gasteiger partial charge in [-0.15, -0.1) is 0 Å². The number of carbonyl (C=O) groups excluding carboxylic acids is 1. The summed E-state index contributed by atoms with van der Waals surface area (Å²) in [7, 11) is 3.19. The number of ether oxygens (including phenoxy) is 2. The summed E-state index contributed by atoms with van der Waals surface area (Å²) in [5.74, 6) is 2.36. The summed E-state index contributed by atoms with van der Waals surface area (Å²) in [4.78, 5) is 16.5. The number of nitrogens with zero attached hydrogens (tertiary/aromatic N) is 2. The maximum Gasteiger partial charge on any atom is 0.269 e. The summed E-state index contributed by atoms with van der Waals surface area (Å²) in [6, 6.07) is 10.9. The molecule has 0 aliphatic heterocycles. The summed E-state index contributed by atoms with van der Waals surface area (Å²) in [5, 5.41) is 9.82. The summed E-state index contributed by atoms with van der Waals surface area (Å²) < 4.78 is 15.5. The number of rotatable bonds is 8. The van der Waals surface area contributed by atoms with Crippen LogP contribution < -0.4 is 20.1 Å². The maximum atomic E-state index is 12.4. The molecule has 146 valence electrons. The van der Waals surface area contributed by atoms with Crippen molar-refractivity contribution in [2.75, 3.05) is 26.1 Å². The smallest absolute Gasteiger partial charge is 0.269 e. The van der Waals surface area contributed by atoms with Gasteiger partial charge in [-0.05, 0) is 43.2 Å². The standard InChI is InChI=1S/C20H22N4O4/c1-13-10-19(24-28-13)23-15-7-9-21-16(12-15)20(25)22-8-6-14-4-5-17(26-2)18(11-14)27-3/h4-5,7,9-12H,6,8H2,1-3H3,(H,22,25)(H,21,23,24). The molecule has 0 atom stereocenters. The van der Waals surface area contributed by atoms with Crippen LogP contribution >= 0.6 is 0 Å². The third kappa shape index (κ3) is 4.79. The molecule has 3 aromatic rings. The van der Waals surface area contributed by atoms with Gasteiger partial charge in [0.2, 0.25) is 0 Å². The first-order valence-corrected chi connectivity index (χ1v) is 8.74. The number of aryl methyl sites for hydroxylation is 1. The molecule has 2 N–H and O–H groups in total. The van der Waals surface area contributed by atoms with Crippen LogP contribution in [0.5, 0.6) is 11.5 Å². The first kappa shape index (κ1) is 19.2. The molecule has 1 amide bonds. The van der Waals surface area contributed by atoms with Crippen LogP contribution in [0.2, 0.25) is 0 Å². The van der Waals surface area contributed by atoms with Gasteiger partial charge in [0, 0.05) is 24.5 Å². The van der Waals surface area contributed by atoms with Gasteiger partial charge < -0.3 is 24.6 Å². The van der Waals surface area contributed by atoms with E-state index >= 15 is 0 Å². The quantitative estimate of drug-likeness (QED) is 0.618. The number of hydrogen-bond acceptors (Lipinski definition) is 7. The normalized spacial score (nSPS) is 10.4. The molecule has 8 heteroatoms. The molecule has 8 nitrogen and oxygen atoms in total. The molecule has 0 bridgehead atoms. The van der Waals surface area contributed by atoms with E-state index in [0.29, 0.717) is 47.4 Å². The van der Waals surface area contributed by atoms with Crippen LogP contribution in [0.15, 0.2) is 47.1 Å². The average molecular weight is 382 g/mol. The molecule has 28 heavy (non-hydrogen) atoms. The van der Waals surface area contributed by atoms with E-state index < -0.39 is 0 Å². The lowest BCUT2D eigenvalue weighted by Crippen LogP contribution is -2.26. The van der Waals surface area contributed by atoms with Crippen LogP contribution in [0.25, 0.3) is 0 Å². The number of methoxy groups -OCH3 is 2. The molecule has 0 aliphatic carbocycles. The van der Waals surface area contributed by atoms with Crippen molar-refractivity contribution in [2.45, 2.75) is 13.3 Å². The van der Waals surface area contributed by atoms with E-state index in [9.17, 15) is 4.79 Å². The van der Waals surface area contributed by atoms with Crippen molar-refractivity contribution in [1.29, 1.82) is 0 Å². The highest BCUT2D eigenvalue weighted by atomic mass is 16.5. The lowest BCUT2D eigenvalue weighted by molar-refractivity contribution is 0.0949. The fourth-order valence-electron chi connectivity index (χ4n) is 2.65. The van der Waals surface area contributed by atoms with Crippen LogP contribution in [0.4, 0.5) is 11.5 Å². The Morgan fingerprint density at radius 2 is 1.93 bits per heavy atom. The molecule has 0 unspecified atom stereocenters. The fraction of sp³-hybridized carbons (Fsp3) is 0.250. The Morgan fingerprint density at radius 1 is 1.11 bits per heavy atom. The average Bonchev–Trinajstić information content (AvgIpc) is 3.12. The molecule has 0 spiro atoms. The van der Waals surface area contributed by atoms with Gasteiger partial charge in [-0.2, -0.15) is 0 Å². The van der Waals surface area contributed by atoms with E-state index in [4.69, 9.17) is 14.0 Å². The van der Waals surface area contributed by atoms with Gasteiger partial charge >= 0.3 is 0 Å². The number of anilines is 2. The number of amides is 1. The Hall–Kier alpha value is -3.55. The third-order valence-corrected chi connectivity index (χ3v) is 4.04. The zero-order valence-electron chi connectivity index (χ0n) is 16.0. The Morgan fingerprint density at radius 3 is 2.64 bits per heavy atom. The van der Waals surface area contributed by atoms with Gasteiger partial charge in [-0.3, -0.25) is 9.78 Å². The number of pyridine rings is 1. The van der Waals surface area contributed by atoms with Gasteiger partial charge in [0.05, 0.1) is 14.2 Å². The van der Waals surface area contributed by atoms with E-state index in [1.807, 2.05) is 25.1 Å². The summed E-state index contributed by atoms with van der Waals surface area (Å²) >= 11 is 0. The van der Waals surface area contributed by atoms with Crippen LogP contribution in [-0.2, 0) is 6.42 Å². The minimum Gasteiger partial charge on any atom is -0.493 e. The minimum absolute atomic E-state index is 0.250. The SMILES string of the molecule is COc1ccc(CCNC(=O)c2cc(Nc3cc(C)on3)ccn2)cc1OC. The second kappa shape index (κ2) is 8.90. The van der Waals surface area contributed by atoms with Crippen LogP contribution in [-0.4, -0.2) is 36.8 Å². The Kier molecular flexibility index (Phi) is 6.11. The Labute approximate surface area is 162 Å². The summed E-state index contributed by atoms with van der Waals surface area (Å²) in [6.45, 7) is 2.28. The number of nitrogens with one attached hydrogen (secondary N) is 2. The molecule has 0 fully saturated rings. The first-order chi connectivity index (χ1) is 13.6. The van der Waals surface area contributed by atoms with Crippen molar-refractivity contribution < 1.29 is 18.8 Å². The van der Waals surface area contributed by atoms with Gasteiger partial charge in [0.1, 0.15) is 11.5 Å². The molecule has 3 rings (SSSR count). The molecular formula is C20H22N4O4. The fourth-order valence-corrected chi connectivity index (χ4v) is 2.65. The van der Waals surface area contributed by atoms with Crippen LogP contribution in [0.1, 0.15) is 21.8 Å². The number of aromatic nitrogens is 2. The summed E-state index contributed by atoms with van der Waals surface area (Å²) in [5.41, 5.74) is 2.05. The van der Waals surface area contributed by atoms with Gasteiger partial charge in [-0.25, -0.2) is 0 Å². The predicted octanol–water partition coefficient (Wildman–Crippen LogP) is 3.11. The first-order valence-electron chi connectivity index (χ1n) is 8.74. The zero-order chi connectivity index (χ0) is 19.9. The lowest BCUT2D eigenvalue weighted by Gasteiger charge is -2.10. The monoisotopic (exact) mass is 382 g/mol. The predicted molar refractivity (Wildman–Crippen MR) is 104 cm³/mol. The summed E-state index contributed by atoms with van der Waals surface area (Å²) in [6.07, 6.45) is 2.22. The number of hydrogen-bond donors (Lipinski definition) is 2. The van der Waals surface area contributed by atoms with Crippen molar-refractivity contribution >= 4 is 17.4 Å². The molecule has 0 saturated heterocycles. The second-order valence-electron chi connectivity index (χ2n) is 6.07. The van der Waals surface area contributed by atoms with E-state index in [-0.39, 0.29) is 5.91 Å². The molecule has 0 radical (unpaired) electrons. The highest BCUT2D eigenvalue weighted by Gasteiger charge is 2.10. The van der Waals surface area contributed by atoms with E-state index in [2.05, 4.69) is 20.8 Å². The number of carbonyl (C=O) groups is 1. The molecule has 0 saturated carbocycles. The van der Waals surface area contributed by atoms with E-state index in [1.165, 1.54) is 0 Å². The van der Waals surface area contributed by atoms with E-state index in [0.717, 1.165) is 5.56 Å². The van der Waals surface area contributed by atoms with Gasteiger partial charge in [0.15, 0.2) is 17.3 Å². The van der Waals surface area contributed by atoms with Crippen molar-refractivity contribution in [3.05, 3.63) is 59.6 Å². The lowest BCUT2D eigenvalue weighted by atomic mass is 10.1. The molecule has 2 aromatic heterocycles. The number of benzene rings is 1. The minimum atomic E-state index is -0.250. The van der Waals surface area contributed by atoms with Crippen molar-refractivity contribution in [2.24, 2.45) is 0 Å². The topological polar surface area (TPSA) is 98.5 Å². The largest absolute Gasteiger partial charge is 0.493 e. The van der Waals surface area contributed by atoms with Crippen LogP contribution in [0.3, 0.4) is 0 Å². The van der Waals surface area contributed by atoms with E-state index in [1.54, 1.807) is 38.6 Å². The van der Waals surface area contributed by atoms with Crippen molar-refractivity contribution in [1.82, 2.24) is 15.5 Å². The second-order valence-corrected chi connectivity index (χ2v) is 6.07. The molecule has 0 aliphatic rings. The third-order valence-electron chi connectivity index (χ3n) is 4.04. The maximum absolute atomic E-state index is 12.4. The highest BCUT2D eigenvalue weighted by Crippen LogP contribution is 2.27. The molecular weight excluding hydrogens is 360 g/mol. The molecule has 2 heterocycles. The Bertz CT molecular complexity index is 955. The highest BCUT2D eigenvalue weighted by molar-refractivity contribution is 5.93. The Balaban J connectivity index is 1.57. The van der Waals surface area contributed by atoms with Crippen molar-refractivity contribution in [3.63, 3.8) is 0 Å².